The third-order valence-electron chi connectivity index (χ3n) is 4.55. The number of carbonyl (C=O) groups is 1. The molecule has 4 rings (SSSR count). The lowest BCUT2D eigenvalue weighted by Crippen LogP contribution is -2.38. The molecule has 7 nitrogen and oxygen atoms in total. The fraction of sp³-hybridized carbons (Fsp3) is 0.211. The van der Waals surface area contributed by atoms with Gasteiger partial charge in [0.05, 0.1) is 11.8 Å². The van der Waals surface area contributed by atoms with Crippen LogP contribution in [0.1, 0.15) is 24.4 Å². The van der Waals surface area contributed by atoms with Gasteiger partial charge in [-0.1, -0.05) is 12.1 Å². The molecule has 27 heavy (non-hydrogen) atoms. The molecule has 0 fully saturated rings. The summed E-state index contributed by atoms with van der Waals surface area (Å²) in [5.41, 5.74) is 2.12. The second kappa shape index (κ2) is 6.39. The minimum atomic E-state index is -0.803. The van der Waals surface area contributed by atoms with Gasteiger partial charge < -0.3 is 9.73 Å². The highest BCUT2D eigenvalue weighted by Crippen LogP contribution is 2.20. The predicted octanol–water partition coefficient (Wildman–Crippen LogP) is 2.57. The molecule has 3 aromatic heterocycles. The van der Waals surface area contributed by atoms with Gasteiger partial charge in [0.2, 0.25) is 5.91 Å². The molecule has 8 heteroatoms. The maximum atomic E-state index is 13.0. The first kappa shape index (κ1) is 17.0. The van der Waals surface area contributed by atoms with E-state index in [2.05, 4.69) is 10.4 Å². The molecule has 1 atom stereocenters. The van der Waals surface area contributed by atoms with Gasteiger partial charge in [-0.05, 0) is 31.5 Å². The Balaban J connectivity index is 1.62. The van der Waals surface area contributed by atoms with Crippen molar-refractivity contribution in [1.82, 2.24) is 19.5 Å². The minimum Gasteiger partial charge on any atom is -0.463 e. The van der Waals surface area contributed by atoms with Crippen LogP contribution in [0.3, 0.4) is 0 Å². The Morgan fingerprint density at radius 1 is 1.26 bits per heavy atom. The van der Waals surface area contributed by atoms with Crippen LogP contribution in [0, 0.1) is 12.7 Å². The van der Waals surface area contributed by atoms with Gasteiger partial charge in [0.1, 0.15) is 23.2 Å². The van der Waals surface area contributed by atoms with Crippen molar-refractivity contribution in [2.45, 2.75) is 26.4 Å². The normalized spacial score (nSPS) is 12.6. The second-order valence-electron chi connectivity index (χ2n) is 6.35. The third kappa shape index (κ3) is 2.88. The Morgan fingerprint density at radius 3 is 2.74 bits per heavy atom. The molecule has 1 aromatic carbocycles. The highest BCUT2D eigenvalue weighted by Gasteiger charge is 2.21. The minimum absolute atomic E-state index is 0.234. The molecular weight excluding hydrogens is 351 g/mol. The first-order valence-electron chi connectivity index (χ1n) is 8.46. The van der Waals surface area contributed by atoms with Crippen LogP contribution >= 0.6 is 0 Å². The monoisotopic (exact) mass is 368 g/mol. The standard InChI is InChI=1S/C19H17FN4O3/c1-11(18(25)21-10-13-3-5-14(20)6-4-13)24-19(26)16-9-17-15(7-8-27-17)23(16)12(2)22-24/h3-9,11H,10H2,1-2H3,(H,21,25)/t11-/m1/s1. The average molecular weight is 368 g/mol. The molecule has 0 saturated heterocycles. The van der Waals surface area contributed by atoms with Crippen molar-refractivity contribution in [3.63, 3.8) is 0 Å². The summed E-state index contributed by atoms with van der Waals surface area (Å²) in [6, 6.07) is 8.45. The molecule has 0 aliphatic carbocycles. The molecule has 1 N–H and O–H groups in total. The number of rotatable bonds is 4. The Bertz CT molecular complexity index is 1200. The van der Waals surface area contributed by atoms with Crippen molar-refractivity contribution in [2.75, 3.05) is 0 Å². The molecule has 0 spiro atoms. The smallest absolute Gasteiger partial charge is 0.291 e. The number of amides is 1. The molecule has 1 amide bonds. The molecule has 3 heterocycles. The van der Waals surface area contributed by atoms with Gasteiger partial charge in [0.25, 0.3) is 5.56 Å². The Hall–Kier alpha value is -3.42. The van der Waals surface area contributed by atoms with Crippen LogP contribution in [0.2, 0.25) is 0 Å². The molecule has 4 aromatic rings. The van der Waals surface area contributed by atoms with Gasteiger partial charge in [-0.25, -0.2) is 9.07 Å². The molecule has 0 unspecified atom stereocenters. The van der Waals surface area contributed by atoms with Gasteiger partial charge in [0, 0.05) is 18.7 Å². The van der Waals surface area contributed by atoms with Crippen LogP contribution in [-0.4, -0.2) is 20.1 Å². The number of halogens is 1. The van der Waals surface area contributed by atoms with Gasteiger partial charge >= 0.3 is 0 Å². The topological polar surface area (TPSA) is 81.5 Å². The summed E-state index contributed by atoms with van der Waals surface area (Å²) in [6.07, 6.45) is 1.55. The van der Waals surface area contributed by atoms with Crippen molar-refractivity contribution in [1.29, 1.82) is 0 Å². The maximum Gasteiger partial charge on any atom is 0.291 e. The van der Waals surface area contributed by atoms with E-state index in [4.69, 9.17) is 4.42 Å². The van der Waals surface area contributed by atoms with Gasteiger partial charge in [-0.15, -0.1) is 0 Å². The van der Waals surface area contributed by atoms with Crippen LogP contribution in [-0.2, 0) is 11.3 Å². The summed E-state index contributed by atoms with van der Waals surface area (Å²) in [6.45, 7) is 3.60. The number of aryl methyl sites for hydroxylation is 1. The first-order chi connectivity index (χ1) is 13.0. The van der Waals surface area contributed by atoms with E-state index in [1.807, 2.05) is 0 Å². The Morgan fingerprint density at radius 2 is 2.00 bits per heavy atom. The number of carbonyl (C=O) groups excluding carboxylic acids is 1. The van der Waals surface area contributed by atoms with Crippen molar-refractivity contribution in [3.8, 4) is 0 Å². The van der Waals surface area contributed by atoms with Crippen molar-refractivity contribution in [2.24, 2.45) is 0 Å². The quantitative estimate of drug-likeness (QED) is 0.600. The fourth-order valence-electron chi connectivity index (χ4n) is 3.11. The van der Waals surface area contributed by atoms with E-state index >= 15 is 0 Å². The van der Waals surface area contributed by atoms with Crippen molar-refractivity contribution < 1.29 is 13.6 Å². The largest absolute Gasteiger partial charge is 0.463 e. The molecule has 138 valence electrons. The van der Waals surface area contributed by atoms with Gasteiger partial charge in [-0.2, -0.15) is 5.10 Å². The zero-order valence-electron chi connectivity index (χ0n) is 14.8. The summed E-state index contributed by atoms with van der Waals surface area (Å²) in [7, 11) is 0. The molecule has 0 aliphatic heterocycles. The van der Waals surface area contributed by atoms with E-state index in [9.17, 15) is 14.0 Å². The van der Waals surface area contributed by atoms with E-state index in [1.165, 1.54) is 16.8 Å². The van der Waals surface area contributed by atoms with Crippen molar-refractivity contribution in [3.05, 3.63) is 70.2 Å². The first-order valence-corrected chi connectivity index (χ1v) is 8.46. The van der Waals surface area contributed by atoms with Gasteiger partial charge in [-0.3, -0.25) is 14.0 Å². The molecule has 0 bridgehead atoms. The summed E-state index contributed by atoms with van der Waals surface area (Å²) in [5.74, 6) is -0.122. The van der Waals surface area contributed by atoms with Crippen LogP contribution in [0.15, 0.2) is 51.9 Å². The number of benzene rings is 1. The Labute approximate surface area is 153 Å². The van der Waals surface area contributed by atoms with Crippen LogP contribution in [0.5, 0.6) is 0 Å². The molecule has 0 aliphatic rings. The summed E-state index contributed by atoms with van der Waals surface area (Å²) >= 11 is 0. The predicted molar refractivity (Wildman–Crippen MR) is 96.9 cm³/mol. The van der Waals surface area contributed by atoms with Crippen LogP contribution < -0.4 is 10.9 Å². The van der Waals surface area contributed by atoms with Crippen LogP contribution in [0.25, 0.3) is 16.6 Å². The van der Waals surface area contributed by atoms with Crippen LogP contribution in [0.4, 0.5) is 4.39 Å². The SMILES string of the molecule is Cc1nn([C@H](C)C(=O)NCc2ccc(F)cc2)c(=O)c2cc3occc3n12. The number of nitrogens with zero attached hydrogens (tertiary/aromatic N) is 3. The van der Waals surface area contributed by atoms with E-state index in [0.29, 0.717) is 16.9 Å². The highest BCUT2D eigenvalue weighted by atomic mass is 19.1. The van der Waals surface area contributed by atoms with E-state index in [1.54, 1.807) is 48.8 Å². The summed E-state index contributed by atoms with van der Waals surface area (Å²) < 4.78 is 21.2. The van der Waals surface area contributed by atoms with E-state index < -0.39 is 6.04 Å². The summed E-state index contributed by atoms with van der Waals surface area (Å²) in [4.78, 5) is 25.3. The number of aromatic nitrogens is 3. The number of hydrogen-bond donors (Lipinski definition) is 1. The average Bonchev–Trinajstić information content (AvgIpc) is 3.24. The maximum absolute atomic E-state index is 13.0. The lowest BCUT2D eigenvalue weighted by molar-refractivity contribution is -0.124. The van der Waals surface area contributed by atoms with E-state index in [-0.39, 0.29) is 23.8 Å². The number of furan rings is 1. The second-order valence-corrected chi connectivity index (χ2v) is 6.35. The summed E-state index contributed by atoms with van der Waals surface area (Å²) in [5, 5.41) is 7.05. The molecule has 0 saturated carbocycles. The molecular formula is C19H17FN4O3. The third-order valence-corrected chi connectivity index (χ3v) is 4.55. The number of hydrogen-bond acceptors (Lipinski definition) is 4. The highest BCUT2D eigenvalue weighted by molar-refractivity contribution is 5.83. The lowest BCUT2D eigenvalue weighted by Gasteiger charge is -2.15. The zero-order chi connectivity index (χ0) is 19.1. The number of nitrogens with one attached hydrogen (secondary N) is 1. The zero-order valence-corrected chi connectivity index (χ0v) is 14.8. The number of fused-ring (bicyclic) bond motifs is 3. The van der Waals surface area contributed by atoms with Crippen molar-refractivity contribution >= 4 is 22.5 Å². The lowest BCUT2D eigenvalue weighted by atomic mass is 10.2. The van der Waals surface area contributed by atoms with E-state index in [0.717, 1.165) is 11.1 Å². The van der Waals surface area contributed by atoms with Gasteiger partial charge in [0.15, 0.2) is 5.58 Å². The Kier molecular flexibility index (Phi) is 4.02. The molecule has 0 radical (unpaired) electrons. The fourth-order valence-corrected chi connectivity index (χ4v) is 3.11.